The molecule has 7 heteroatoms. The third-order valence-corrected chi connectivity index (χ3v) is 5.71. The number of likely N-dealkylation sites (tertiary alicyclic amines) is 1. The van der Waals surface area contributed by atoms with Crippen molar-refractivity contribution in [1.82, 2.24) is 14.9 Å². The number of ether oxygens (including phenoxy) is 2. The fraction of sp³-hybridized carbons (Fsp3) is 0.320. The van der Waals surface area contributed by atoms with Gasteiger partial charge >= 0.3 is 0 Å². The van der Waals surface area contributed by atoms with Crippen molar-refractivity contribution >= 4 is 11.7 Å². The zero-order valence-electron chi connectivity index (χ0n) is 18.6. The predicted molar refractivity (Wildman–Crippen MR) is 123 cm³/mol. The lowest BCUT2D eigenvalue weighted by atomic mass is 10.0. The van der Waals surface area contributed by atoms with E-state index in [2.05, 4.69) is 9.97 Å². The number of nitrogen functional groups attached to an aromatic ring is 1. The lowest BCUT2D eigenvalue weighted by Gasteiger charge is -2.33. The topological polar surface area (TPSA) is 90.6 Å². The van der Waals surface area contributed by atoms with E-state index in [4.69, 9.17) is 15.2 Å². The van der Waals surface area contributed by atoms with E-state index in [-0.39, 0.29) is 11.9 Å². The van der Waals surface area contributed by atoms with Crippen molar-refractivity contribution in [2.45, 2.75) is 38.3 Å². The van der Waals surface area contributed by atoms with Gasteiger partial charge in [-0.3, -0.25) is 9.78 Å². The van der Waals surface area contributed by atoms with Gasteiger partial charge in [-0.1, -0.05) is 6.07 Å². The summed E-state index contributed by atoms with van der Waals surface area (Å²) in [6.07, 6.45) is 5.36. The summed E-state index contributed by atoms with van der Waals surface area (Å²) in [5.41, 5.74) is 7.45. The first-order chi connectivity index (χ1) is 15.4. The van der Waals surface area contributed by atoms with Gasteiger partial charge in [0.15, 0.2) is 5.60 Å². The molecule has 3 heterocycles. The molecule has 3 aromatic rings. The monoisotopic (exact) mass is 432 g/mol. The Morgan fingerprint density at radius 1 is 1.00 bits per heavy atom. The molecule has 1 saturated heterocycles. The van der Waals surface area contributed by atoms with Gasteiger partial charge in [-0.2, -0.15) is 0 Å². The summed E-state index contributed by atoms with van der Waals surface area (Å²) in [6.45, 7) is 4.30. The number of nitrogens with zero attached hydrogens (tertiary/aromatic N) is 3. The largest absolute Gasteiger partial charge is 0.497 e. The molecular weight excluding hydrogens is 404 g/mol. The van der Waals surface area contributed by atoms with Gasteiger partial charge in [-0.25, -0.2) is 4.98 Å². The molecule has 0 bridgehead atoms. The van der Waals surface area contributed by atoms with Gasteiger partial charge in [0, 0.05) is 30.1 Å². The van der Waals surface area contributed by atoms with Crippen LogP contribution in [0.3, 0.4) is 0 Å². The van der Waals surface area contributed by atoms with Crippen LogP contribution in [0.4, 0.5) is 5.82 Å². The highest BCUT2D eigenvalue weighted by atomic mass is 16.5. The molecule has 4 rings (SSSR count). The molecule has 1 unspecified atom stereocenters. The Kier molecular flexibility index (Phi) is 5.99. The number of rotatable bonds is 6. The summed E-state index contributed by atoms with van der Waals surface area (Å²) in [4.78, 5) is 24.1. The van der Waals surface area contributed by atoms with Crippen molar-refractivity contribution in [2.75, 3.05) is 19.4 Å². The van der Waals surface area contributed by atoms with Crippen LogP contribution in [0.25, 0.3) is 11.1 Å². The Hall–Kier alpha value is -3.61. The molecule has 1 aliphatic heterocycles. The molecule has 2 N–H and O–H groups in total. The van der Waals surface area contributed by atoms with Gasteiger partial charge in [0.25, 0.3) is 5.91 Å². The van der Waals surface area contributed by atoms with Crippen LogP contribution in [0.5, 0.6) is 11.5 Å². The summed E-state index contributed by atoms with van der Waals surface area (Å²) in [5.74, 6) is 1.80. The van der Waals surface area contributed by atoms with E-state index in [1.165, 1.54) is 0 Å². The number of anilines is 1. The molecule has 1 fully saturated rings. The van der Waals surface area contributed by atoms with Crippen LogP contribution in [-0.4, -0.2) is 40.0 Å². The van der Waals surface area contributed by atoms with Crippen molar-refractivity contribution in [3.8, 4) is 22.6 Å². The normalized spacial score (nSPS) is 16.1. The zero-order chi connectivity index (χ0) is 22.7. The lowest BCUT2D eigenvalue weighted by molar-refractivity contribution is -0.146. The molecule has 32 heavy (non-hydrogen) atoms. The summed E-state index contributed by atoms with van der Waals surface area (Å²) < 4.78 is 11.2. The summed E-state index contributed by atoms with van der Waals surface area (Å²) in [7, 11) is 1.62. The Balaban J connectivity index is 1.49. The van der Waals surface area contributed by atoms with E-state index in [0.29, 0.717) is 18.1 Å². The average Bonchev–Trinajstić information content (AvgIpc) is 3.29. The number of hydrogen-bond acceptors (Lipinski definition) is 6. The summed E-state index contributed by atoms with van der Waals surface area (Å²) >= 11 is 0. The van der Waals surface area contributed by atoms with Gasteiger partial charge in [-0.15, -0.1) is 0 Å². The van der Waals surface area contributed by atoms with Crippen LogP contribution in [0.2, 0.25) is 0 Å². The molecule has 0 aliphatic carbocycles. The SMILES string of the molecule is COc1ccc(OC(C)(C)C(=O)N2CCCC2c2ccc(-c3ccc(N)nc3)cn2)cc1. The average molecular weight is 433 g/mol. The number of benzene rings is 1. The van der Waals surface area contributed by atoms with E-state index >= 15 is 0 Å². The van der Waals surface area contributed by atoms with Gasteiger partial charge in [0.05, 0.1) is 18.8 Å². The molecule has 0 saturated carbocycles. The lowest BCUT2D eigenvalue weighted by Crippen LogP contribution is -2.48. The third kappa shape index (κ3) is 4.51. The maximum absolute atomic E-state index is 13.4. The molecular formula is C25H28N4O3. The Bertz CT molecular complexity index is 1060. The number of carbonyl (C=O) groups is 1. The van der Waals surface area contributed by atoms with Crippen LogP contribution >= 0.6 is 0 Å². The maximum atomic E-state index is 13.4. The van der Waals surface area contributed by atoms with Gasteiger partial charge in [0.2, 0.25) is 0 Å². The Labute approximate surface area is 188 Å². The van der Waals surface area contributed by atoms with Gasteiger partial charge < -0.3 is 20.1 Å². The number of pyridine rings is 2. The number of hydrogen-bond donors (Lipinski definition) is 1. The number of carbonyl (C=O) groups excluding carboxylic acids is 1. The minimum Gasteiger partial charge on any atom is -0.497 e. The smallest absolute Gasteiger partial charge is 0.266 e. The van der Waals surface area contributed by atoms with Gasteiger partial charge in [0.1, 0.15) is 17.3 Å². The number of aromatic nitrogens is 2. The molecule has 0 radical (unpaired) electrons. The highest BCUT2D eigenvalue weighted by Gasteiger charge is 2.40. The number of amides is 1. The van der Waals surface area contributed by atoms with Crippen molar-refractivity contribution < 1.29 is 14.3 Å². The second-order valence-corrected chi connectivity index (χ2v) is 8.39. The van der Waals surface area contributed by atoms with Crippen LogP contribution in [-0.2, 0) is 4.79 Å². The Morgan fingerprint density at radius 3 is 2.25 bits per heavy atom. The number of nitrogens with two attached hydrogens (primary N) is 1. The molecule has 166 valence electrons. The first-order valence-corrected chi connectivity index (χ1v) is 10.7. The van der Waals surface area contributed by atoms with Gasteiger partial charge in [-0.05, 0) is 69.2 Å². The second kappa shape index (κ2) is 8.86. The van der Waals surface area contributed by atoms with Crippen LogP contribution in [0.15, 0.2) is 60.9 Å². The minimum absolute atomic E-state index is 0.0515. The molecule has 2 aromatic heterocycles. The van der Waals surface area contributed by atoms with E-state index in [9.17, 15) is 4.79 Å². The molecule has 0 spiro atoms. The molecule has 1 aliphatic rings. The predicted octanol–water partition coefficient (Wildman–Crippen LogP) is 4.26. The fourth-order valence-electron chi connectivity index (χ4n) is 3.99. The molecule has 1 aromatic carbocycles. The highest BCUT2D eigenvalue weighted by Crippen LogP contribution is 2.34. The van der Waals surface area contributed by atoms with Crippen LogP contribution < -0.4 is 15.2 Å². The standard InChI is InChI=1S/C25H28N4O3/c1-25(2,32-20-10-8-19(31-3)9-11-20)24(30)29-14-4-5-22(29)21-12-6-17(15-27-21)18-7-13-23(26)28-16-18/h6-13,15-16,22H,4-5,14H2,1-3H3,(H2,26,28). The Morgan fingerprint density at radius 2 is 1.66 bits per heavy atom. The maximum Gasteiger partial charge on any atom is 0.266 e. The first kappa shape index (κ1) is 21.6. The highest BCUT2D eigenvalue weighted by molar-refractivity contribution is 5.85. The first-order valence-electron chi connectivity index (χ1n) is 10.7. The van der Waals surface area contributed by atoms with Crippen molar-refractivity contribution in [3.63, 3.8) is 0 Å². The third-order valence-electron chi connectivity index (χ3n) is 5.71. The van der Waals surface area contributed by atoms with E-state index < -0.39 is 5.60 Å². The van der Waals surface area contributed by atoms with Crippen molar-refractivity contribution in [1.29, 1.82) is 0 Å². The van der Waals surface area contributed by atoms with Crippen LogP contribution in [0.1, 0.15) is 38.4 Å². The summed E-state index contributed by atoms with van der Waals surface area (Å²) in [6, 6.07) is 14.9. The van der Waals surface area contributed by atoms with E-state index in [1.807, 2.05) is 53.6 Å². The fourth-order valence-corrected chi connectivity index (χ4v) is 3.99. The molecule has 7 nitrogen and oxygen atoms in total. The van der Waals surface area contributed by atoms with Crippen molar-refractivity contribution in [3.05, 3.63) is 66.6 Å². The van der Waals surface area contributed by atoms with E-state index in [1.54, 1.807) is 33.2 Å². The summed E-state index contributed by atoms with van der Waals surface area (Å²) in [5, 5.41) is 0. The zero-order valence-corrected chi connectivity index (χ0v) is 18.6. The van der Waals surface area contributed by atoms with Crippen molar-refractivity contribution in [2.24, 2.45) is 0 Å². The van der Waals surface area contributed by atoms with Crippen LogP contribution in [0, 0.1) is 0 Å². The molecule has 1 atom stereocenters. The van der Waals surface area contributed by atoms with E-state index in [0.717, 1.165) is 35.4 Å². The second-order valence-electron chi connectivity index (χ2n) is 8.39. The quantitative estimate of drug-likeness (QED) is 0.626. The minimum atomic E-state index is -1.01. The number of methoxy groups -OCH3 is 1. The molecule has 1 amide bonds.